The van der Waals surface area contributed by atoms with Crippen molar-refractivity contribution in [3.63, 3.8) is 0 Å². The van der Waals surface area contributed by atoms with Crippen LogP contribution in [-0.4, -0.2) is 34.8 Å². The topological polar surface area (TPSA) is 66.8 Å². The Morgan fingerprint density at radius 1 is 1.11 bits per heavy atom. The molecule has 1 amide bonds. The van der Waals surface area contributed by atoms with Crippen LogP contribution in [0.3, 0.4) is 0 Å². The number of likely N-dealkylation sites (tertiary alicyclic amines) is 1. The normalized spacial score (nSPS) is 18.5. The Morgan fingerprint density at radius 3 is 2.46 bits per heavy atom. The molecule has 146 valence electrons. The molecule has 0 bridgehead atoms. The van der Waals surface area contributed by atoms with Gasteiger partial charge in [-0.05, 0) is 38.0 Å². The van der Waals surface area contributed by atoms with E-state index in [0.29, 0.717) is 30.9 Å². The summed E-state index contributed by atoms with van der Waals surface area (Å²) in [6.45, 7) is 6.74. The molecule has 1 aliphatic heterocycles. The maximum absolute atomic E-state index is 12.8. The molecule has 1 heterocycles. The lowest BCUT2D eigenvalue weighted by Gasteiger charge is -2.25. The summed E-state index contributed by atoms with van der Waals surface area (Å²) in [5.41, 5.74) is 2.43. The number of carbonyl (C=O) groups is 2. The number of ether oxygens (including phenoxy) is 1. The van der Waals surface area contributed by atoms with Gasteiger partial charge in [-0.1, -0.05) is 48.9 Å². The molecule has 28 heavy (non-hydrogen) atoms. The Balaban J connectivity index is 2.16. The van der Waals surface area contributed by atoms with Gasteiger partial charge in [0, 0.05) is 12.1 Å². The number of Topliss-reactive ketones (excluding diaryl/α,β-unsaturated/α-hetero) is 1. The lowest BCUT2D eigenvalue weighted by molar-refractivity contribution is -0.139. The van der Waals surface area contributed by atoms with Gasteiger partial charge >= 0.3 is 0 Å². The van der Waals surface area contributed by atoms with Crippen LogP contribution >= 0.6 is 0 Å². The fraction of sp³-hybridized carbons (Fsp3) is 0.304. The number of amides is 1. The van der Waals surface area contributed by atoms with Crippen LogP contribution in [0.15, 0.2) is 54.1 Å². The van der Waals surface area contributed by atoms with Gasteiger partial charge in [0.15, 0.2) is 0 Å². The lowest BCUT2D eigenvalue weighted by atomic mass is 9.95. The van der Waals surface area contributed by atoms with Gasteiger partial charge in [0.05, 0.1) is 18.2 Å². The van der Waals surface area contributed by atoms with Gasteiger partial charge < -0.3 is 14.7 Å². The minimum Gasteiger partial charge on any atom is -0.507 e. The summed E-state index contributed by atoms with van der Waals surface area (Å²) < 4.78 is 5.58. The molecule has 5 heteroatoms. The highest BCUT2D eigenvalue weighted by molar-refractivity contribution is 6.46. The number of ketones is 1. The number of nitrogens with zero attached hydrogens (tertiary/aromatic N) is 1. The fourth-order valence-electron chi connectivity index (χ4n) is 3.51. The Kier molecular flexibility index (Phi) is 5.83. The molecule has 0 radical (unpaired) electrons. The van der Waals surface area contributed by atoms with E-state index in [9.17, 15) is 14.7 Å². The number of hydrogen-bond acceptors (Lipinski definition) is 4. The summed E-state index contributed by atoms with van der Waals surface area (Å²) in [4.78, 5) is 27.1. The second kappa shape index (κ2) is 8.30. The Morgan fingerprint density at radius 2 is 1.82 bits per heavy atom. The summed E-state index contributed by atoms with van der Waals surface area (Å²) in [7, 11) is 0. The van der Waals surface area contributed by atoms with Crippen molar-refractivity contribution in [2.75, 3.05) is 13.2 Å². The molecular formula is C23H25NO4. The maximum atomic E-state index is 12.8. The van der Waals surface area contributed by atoms with Crippen molar-refractivity contribution in [2.24, 2.45) is 0 Å². The molecule has 0 aromatic heterocycles. The van der Waals surface area contributed by atoms with Gasteiger partial charge in [-0.2, -0.15) is 0 Å². The molecule has 2 aromatic carbocycles. The van der Waals surface area contributed by atoms with Crippen LogP contribution in [0.2, 0.25) is 0 Å². The van der Waals surface area contributed by atoms with Gasteiger partial charge in [-0.25, -0.2) is 0 Å². The molecule has 1 aliphatic rings. The number of hydrogen-bond donors (Lipinski definition) is 1. The van der Waals surface area contributed by atoms with Crippen molar-refractivity contribution in [3.8, 4) is 5.75 Å². The van der Waals surface area contributed by atoms with E-state index in [2.05, 4.69) is 0 Å². The van der Waals surface area contributed by atoms with Crippen LogP contribution in [0.4, 0.5) is 0 Å². The third kappa shape index (κ3) is 3.65. The number of benzene rings is 2. The zero-order chi connectivity index (χ0) is 20.3. The van der Waals surface area contributed by atoms with Crippen LogP contribution in [0.5, 0.6) is 5.75 Å². The number of aliphatic hydroxyl groups excluding tert-OH is 1. The quantitative estimate of drug-likeness (QED) is 0.463. The minimum absolute atomic E-state index is 0.121. The standard InChI is InChI=1S/C23H25NO4/c1-4-13-24-20(17-7-6-8-18(14-17)28-5-2)19(22(26)23(24)27)21(25)16-11-9-15(3)10-12-16/h6-12,14,20,25H,4-5,13H2,1-3H3/b21-19-. The molecular weight excluding hydrogens is 354 g/mol. The van der Waals surface area contributed by atoms with Crippen molar-refractivity contribution in [1.82, 2.24) is 4.90 Å². The summed E-state index contributed by atoms with van der Waals surface area (Å²) in [5.74, 6) is -0.721. The van der Waals surface area contributed by atoms with Gasteiger partial charge in [0.1, 0.15) is 11.5 Å². The average Bonchev–Trinajstić information content (AvgIpc) is 2.94. The van der Waals surface area contributed by atoms with E-state index in [1.165, 1.54) is 4.90 Å². The molecule has 1 saturated heterocycles. The Bertz CT molecular complexity index is 914. The van der Waals surface area contributed by atoms with Crippen LogP contribution in [0.1, 0.15) is 43.0 Å². The van der Waals surface area contributed by atoms with Crippen molar-refractivity contribution < 1.29 is 19.4 Å². The highest BCUT2D eigenvalue weighted by atomic mass is 16.5. The van der Waals surface area contributed by atoms with Crippen molar-refractivity contribution in [1.29, 1.82) is 0 Å². The van der Waals surface area contributed by atoms with Crippen LogP contribution in [-0.2, 0) is 9.59 Å². The second-order valence-electron chi connectivity index (χ2n) is 6.86. The van der Waals surface area contributed by atoms with E-state index < -0.39 is 17.7 Å². The highest BCUT2D eigenvalue weighted by Crippen LogP contribution is 2.40. The summed E-state index contributed by atoms with van der Waals surface area (Å²) in [5, 5.41) is 10.9. The van der Waals surface area contributed by atoms with E-state index in [1.54, 1.807) is 12.1 Å². The van der Waals surface area contributed by atoms with Gasteiger partial charge in [-0.15, -0.1) is 0 Å². The van der Waals surface area contributed by atoms with Gasteiger partial charge in [-0.3, -0.25) is 9.59 Å². The molecule has 1 atom stereocenters. The zero-order valence-electron chi connectivity index (χ0n) is 16.4. The van der Waals surface area contributed by atoms with E-state index in [-0.39, 0.29) is 11.3 Å². The second-order valence-corrected chi connectivity index (χ2v) is 6.86. The highest BCUT2D eigenvalue weighted by Gasteiger charge is 2.45. The van der Waals surface area contributed by atoms with Gasteiger partial charge in [0.25, 0.3) is 11.7 Å². The fourth-order valence-corrected chi connectivity index (χ4v) is 3.51. The van der Waals surface area contributed by atoms with Crippen molar-refractivity contribution in [3.05, 3.63) is 70.8 Å². The number of aliphatic hydroxyl groups is 1. The van der Waals surface area contributed by atoms with Crippen molar-refractivity contribution >= 4 is 17.4 Å². The number of carbonyl (C=O) groups excluding carboxylic acids is 2. The van der Waals surface area contributed by atoms with E-state index >= 15 is 0 Å². The number of aryl methyl sites for hydroxylation is 1. The first-order valence-electron chi connectivity index (χ1n) is 9.56. The third-order valence-electron chi connectivity index (χ3n) is 4.81. The zero-order valence-corrected chi connectivity index (χ0v) is 16.4. The monoisotopic (exact) mass is 379 g/mol. The van der Waals surface area contributed by atoms with Crippen LogP contribution < -0.4 is 4.74 Å². The average molecular weight is 379 g/mol. The van der Waals surface area contributed by atoms with Crippen LogP contribution in [0.25, 0.3) is 5.76 Å². The lowest BCUT2D eigenvalue weighted by Crippen LogP contribution is -2.30. The molecule has 3 rings (SSSR count). The first-order chi connectivity index (χ1) is 13.5. The van der Waals surface area contributed by atoms with E-state index in [4.69, 9.17) is 4.74 Å². The molecule has 2 aromatic rings. The third-order valence-corrected chi connectivity index (χ3v) is 4.81. The largest absolute Gasteiger partial charge is 0.507 e. The van der Waals surface area contributed by atoms with Crippen molar-refractivity contribution in [2.45, 2.75) is 33.2 Å². The molecule has 0 saturated carbocycles. The van der Waals surface area contributed by atoms with Crippen LogP contribution in [0, 0.1) is 6.92 Å². The van der Waals surface area contributed by atoms with Gasteiger partial charge in [0.2, 0.25) is 0 Å². The number of rotatable bonds is 6. The Hall–Kier alpha value is -3.08. The molecule has 1 fully saturated rings. The first-order valence-corrected chi connectivity index (χ1v) is 9.56. The van der Waals surface area contributed by atoms with E-state index in [0.717, 1.165) is 11.1 Å². The molecule has 1 N–H and O–H groups in total. The SMILES string of the molecule is CCCN1C(=O)C(=O)/C(=C(\O)c2ccc(C)cc2)C1c1cccc(OCC)c1. The summed E-state index contributed by atoms with van der Waals surface area (Å²) >= 11 is 0. The molecule has 0 aliphatic carbocycles. The predicted molar refractivity (Wildman–Crippen MR) is 108 cm³/mol. The maximum Gasteiger partial charge on any atom is 0.295 e. The molecule has 0 spiro atoms. The molecule has 5 nitrogen and oxygen atoms in total. The first kappa shape index (κ1) is 19.7. The Labute approximate surface area is 165 Å². The molecule has 1 unspecified atom stereocenters. The predicted octanol–water partition coefficient (Wildman–Crippen LogP) is 4.23. The minimum atomic E-state index is -0.654. The summed E-state index contributed by atoms with van der Waals surface area (Å²) in [6.07, 6.45) is 0.708. The summed E-state index contributed by atoms with van der Waals surface area (Å²) in [6, 6.07) is 13.9. The van der Waals surface area contributed by atoms with E-state index in [1.807, 2.05) is 57.2 Å². The smallest absolute Gasteiger partial charge is 0.295 e.